The Balaban J connectivity index is 2.27. The molecule has 0 aliphatic rings. The summed E-state index contributed by atoms with van der Waals surface area (Å²) < 4.78 is 27.4. The summed E-state index contributed by atoms with van der Waals surface area (Å²) in [5.74, 6) is 5.34. The highest BCUT2D eigenvalue weighted by atomic mass is 32.2. The van der Waals surface area contributed by atoms with Crippen molar-refractivity contribution in [2.24, 2.45) is 0 Å². The number of aryl methyl sites for hydroxylation is 2. The molecule has 0 fully saturated rings. The predicted molar refractivity (Wildman–Crippen MR) is 85.0 cm³/mol. The summed E-state index contributed by atoms with van der Waals surface area (Å²) in [5, 5.41) is 8.67. The van der Waals surface area contributed by atoms with Gasteiger partial charge in [-0.15, -0.1) is 11.3 Å². The van der Waals surface area contributed by atoms with Gasteiger partial charge in [0.25, 0.3) is 10.0 Å². The van der Waals surface area contributed by atoms with Crippen LogP contribution >= 0.6 is 11.3 Å². The predicted octanol–water partition coefficient (Wildman–Crippen LogP) is 2.51. The molecular weight excluding hydrogens is 306 g/mol. The number of hydrogen-bond acceptors (Lipinski definition) is 4. The zero-order valence-corrected chi connectivity index (χ0v) is 13.3. The van der Waals surface area contributed by atoms with Gasteiger partial charge in [0, 0.05) is 10.4 Å². The molecule has 1 aromatic heterocycles. The summed E-state index contributed by atoms with van der Waals surface area (Å²) in [4.78, 5) is 0.946. The first-order valence-electron chi connectivity index (χ1n) is 6.22. The lowest BCUT2D eigenvalue weighted by Crippen LogP contribution is -2.12. The van der Waals surface area contributed by atoms with Gasteiger partial charge in [-0.25, -0.2) is 8.42 Å². The van der Waals surface area contributed by atoms with E-state index < -0.39 is 10.0 Å². The van der Waals surface area contributed by atoms with E-state index >= 15 is 0 Å². The van der Waals surface area contributed by atoms with Crippen molar-refractivity contribution in [2.45, 2.75) is 18.1 Å². The van der Waals surface area contributed by atoms with Crippen molar-refractivity contribution in [3.05, 3.63) is 46.3 Å². The lowest BCUT2D eigenvalue weighted by atomic mass is 10.1. The molecule has 21 heavy (non-hydrogen) atoms. The Labute approximate surface area is 128 Å². The van der Waals surface area contributed by atoms with Crippen LogP contribution < -0.4 is 4.72 Å². The molecule has 6 heteroatoms. The van der Waals surface area contributed by atoms with Gasteiger partial charge in [-0.3, -0.25) is 4.72 Å². The first-order valence-corrected chi connectivity index (χ1v) is 8.52. The van der Waals surface area contributed by atoms with E-state index in [0.717, 1.165) is 16.0 Å². The number of aliphatic hydroxyl groups is 1. The molecule has 0 radical (unpaired) electrons. The van der Waals surface area contributed by atoms with Gasteiger partial charge in [0.15, 0.2) is 0 Å². The maximum Gasteiger partial charge on any atom is 0.271 e. The number of rotatable bonds is 3. The van der Waals surface area contributed by atoms with E-state index in [1.807, 2.05) is 13.8 Å². The molecular formula is C15H15NO3S2. The van der Waals surface area contributed by atoms with Crippen molar-refractivity contribution < 1.29 is 13.5 Å². The van der Waals surface area contributed by atoms with Crippen LogP contribution in [-0.2, 0) is 10.0 Å². The number of nitrogens with one attached hydrogen (secondary N) is 1. The van der Waals surface area contributed by atoms with Gasteiger partial charge in [0.2, 0.25) is 0 Å². The average molecular weight is 321 g/mol. The van der Waals surface area contributed by atoms with Gasteiger partial charge >= 0.3 is 0 Å². The maximum atomic E-state index is 12.3. The highest BCUT2D eigenvalue weighted by Crippen LogP contribution is 2.25. The molecule has 0 bridgehead atoms. The SMILES string of the molecule is Cc1ccc(S(=O)(=O)Nc2ccc(C#CCO)cc2C)s1. The first kappa shape index (κ1) is 15.6. The summed E-state index contributed by atoms with van der Waals surface area (Å²) in [5.41, 5.74) is 2.03. The van der Waals surface area contributed by atoms with Gasteiger partial charge in [0.1, 0.15) is 10.8 Å². The highest BCUT2D eigenvalue weighted by molar-refractivity contribution is 7.94. The topological polar surface area (TPSA) is 66.4 Å². The van der Waals surface area contributed by atoms with Gasteiger partial charge in [-0.05, 0) is 49.7 Å². The normalized spacial score (nSPS) is 10.8. The molecule has 2 N–H and O–H groups in total. The smallest absolute Gasteiger partial charge is 0.271 e. The Hall–Kier alpha value is -1.81. The molecule has 110 valence electrons. The number of aliphatic hydroxyl groups excluding tert-OH is 1. The van der Waals surface area contributed by atoms with E-state index in [9.17, 15) is 8.42 Å². The summed E-state index contributed by atoms with van der Waals surface area (Å²) in [6.45, 7) is 3.47. The zero-order valence-electron chi connectivity index (χ0n) is 11.7. The number of benzene rings is 1. The molecule has 0 amide bonds. The molecule has 4 nitrogen and oxygen atoms in total. The largest absolute Gasteiger partial charge is 0.384 e. The van der Waals surface area contributed by atoms with Crippen LogP contribution in [0, 0.1) is 25.7 Å². The van der Waals surface area contributed by atoms with Crippen LogP contribution in [0.4, 0.5) is 5.69 Å². The standard InChI is InChI=1S/C15H15NO3S2/c1-11-10-13(4-3-9-17)6-7-14(11)16-21(18,19)15-8-5-12(2)20-15/h5-8,10,16-17H,9H2,1-2H3. The van der Waals surface area contributed by atoms with E-state index in [-0.39, 0.29) is 6.61 Å². The van der Waals surface area contributed by atoms with Crippen LogP contribution in [0.15, 0.2) is 34.5 Å². The number of sulfonamides is 1. The minimum Gasteiger partial charge on any atom is -0.384 e. The minimum absolute atomic E-state index is 0.203. The van der Waals surface area contributed by atoms with Gasteiger partial charge in [-0.2, -0.15) is 0 Å². The van der Waals surface area contributed by atoms with E-state index in [1.54, 1.807) is 30.3 Å². The fourth-order valence-electron chi connectivity index (χ4n) is 1.75. The summed E-state index contributed by atoms with van der Waals surface area (Å²) >= 11 is 1.23. The van der Waals surface area contributed by atoms with Crippen LogP contribution in [0.2, 0.25) is 0 Å². The van der Waals surface area contributed by atoms with Gasteiger partial charge in [-0.1, -0.05) is 11.8 Å². The summed E-state index contributed by atoms with van der Waals surface area (Å²) in [6.07, 6.45) is 0. The average Bonchev–Trinajstić information content (AvgIpc) is 2.86. The van der Waals surface area contributed by atoms with Crippen LogP contribution in [-0.4, -0.2) is 20.1 Å². The number of hydrogen-bond donors (Lipinski definition) is 2. The highest BCUT2D eigenvalue weighted by Gasteiger charge is 2.17. The van der Waals surface area contributed by atoms with Crippen LogP contribution in [0.3, 0.4) is 0 Å². The monoisotopic (exact) mass is 321 g/mol. The van der Waals surface area contributed by atoms with Crippen LogP contribution in [0.25, 0.3) is 0 Å². The maximum absolute atomic E-state index is 12.3. The zero-order chi connectivity index (χ0) is 15.5. The van der Waals surface area contributed by atoms with E-state index in [0.29, 0.717) is 9.90 Å². The summed E-state index contributed by atoms with van der Waals surface area (Å²) in [7, 11) is -3.55. The van der Waals surface area contributed by atoms with Crippen molar-refractivity contribution >= 4 is 27.0 Å². The molecule has 1 aromatic carbocycles. The second kappa shape index (κ2) is 6.31. The fraction of sp³-hybridized carbons (Fsp3) is 0.200. The third kappa shape index (κ3) is 3.85. The molecule has 0 unspecified atom stereocenters. The molecule has 0 spiro atoms. The molecule has 0 aliphatic heterocycles. The van der Waals surface area contributed by atoms with Crippen molar-refractivity contribution in [3.63, 3.8) is 0 Å². The second-order valence-corrected chi connectivity index (χ2v) is 7.66. The quantitative estimate of drug-likeness (QED) is 0.854. The van der Waals surface area contributed by atoms with E-state index in [2.05, 4.69) is 16.6 Å². The number of thiophene rings is 1. The third-order valence-corrected chi connectivity index (χ3v) is 5.62. The Morgan fingerprint density at radius 3 is 2.57 bits per heavy atom. The first-order chi connectivity index (χ1) is 9.92. The Morgan fingerprint density at radius 1 is 1.24 bits per heavy atom. The van der Waals surface area contributed by atoms with Crippen LogP contribution in [0.1, 0.15) is 16.0 Å². The third-order valence-electron chi connectivity index (χ3n) is 2.76. The molecule has 1 heterocycles. The van der Waals surface area contributed by atoms with Crippen molar-refractivity contribution in [3.8, 4) is 11.8 Å². The lowest BCUT2D eigenvalue weighted by Gasteiger charge is -2.09. The number of anilines is 1. The summed E-state index contributed by atoms with van der Waals surface area (Å²) in [6, 6.07) is 8.54. The molecule has 2 aromatic rings. The van der Waals surface area contributed by atoms with E-state index in [4.69, 9.17) is 5.11 Å². The van der Waals surface area contributed by atoms with Crippen molar-refractivity contribution in [1.29, 1.82) is 0 Å². The van der Waals surface area contributed by atoms with E-state index in [1.165, 1.54) is 11.3 Å². The van der Waals surface area contributed by atoms with Crippen LogP contribution in [0.5, 0.6) is 0 Å². The van der Waals surface area contributed by atoms with Gasteiger partial charge in [0.05, 0.1) is 5.69 Å². The molecule has 0 saturated carbocycles. The Morgan fingerprint density at radius 2 is 2.00 bits per heavy atom. The minimum atomic E-state index is -3.55. The lowest BCUT2D eigenvalue weighted by molar-refractivity contribution is 0.350. The Bertz CT molecular complexity index is 811. The van der Waals surface area contributed by atoms with Gasteiger partial charge < -0.3 is 5.11 Å². The fourth-order valence-corrected chi connectivity index (χ4v) is 4.16. The molecule has 2 rings (SSSR count). The Kier molecular flexibility index (Phi) is 4.68. The van der Waals surface area contributed by atoms with Crippen molar-refractivity contribution in [2.75, 3.05) is 11.3 Å². The second-order valence-electron chi connectivity index (χ2n) is 4.46. The molecule has 0 saturated heterocycles. The molecule has 0 atom stereocenters. The molecule has 0 aliphatic carbocycles. The van der Waals surface area contributed by atoms with Crippen molar-refractivity contribution in [1.82, 2.24) is 0 Å².